The van der Waals surface area contributed by atoms with Crippen molar-refractivity contribution in [3.05, 3.63) is 237 Å². The van der Waals surface area contributed by atoms with Crippen LogP contribution in [0.3, 0.4) is 0 Å². The molecule has 0 atom stereocenters. The van der Waals surface area contributed by atoms with Crippen molar-refractivity contribution in [1.29, 1.82) is 0 Å². The summed E-state index contributed by atoms with van der Waals surface area (Å²) in [5.74, 6) is 0. The molecule has 0 aliphatic heterocycles. The fourth-order valence-corrected chi connectivity index (χ4v) is 10.2. The first kappa shape index (κ1) is 36.8. The van der Waals surface area contributed by atoms with Crippen LogP contribution in [-0.2, 0) is 0 Å². The lowest BCUT2D eigenvalue weighted by Crippen LogP contribution is -2.10. The van der Waals surface area contributed by atoms with E-state index in [0.29, 0.717) is 0 Å². The van der Waals surface area contributed by atoms with Crippen LogP contribution in [0.4, 0.5) is 17.1 Å². The van der Waals surface area contributed by atoms with E-state index >= 15 is 0 Å². The Balaban J connectivity index is 0.996. The fourth-order valence-electron chi connectivity index (χ4n) is 9.10. The summed E-state index contributed by atoms with van der Waals surface area (Å²) in [5.41, 5.74) is 16.8. The van der Waals surface area contributed by atoms with Gasteiger partial charge >= 0.3 is 0 Å². The first-order chi connectivity index (χ1) is 31.2. The Kier molecular flexibility index (Phi) is 9.06. The van der Waals surface area contributed by atoms with Gasteiger partial charge in [-0.1, -0.05) is 146 Å². The number of fused-ring (bicyclic) bond motifs is 6. The number of hydrogen-bond acceptors (Lipinski definition) is 3. The molecule has 0 saturated carbocycles. The second kappa shape index (κ2) is 15.5. The van der Waals surface area contributed by atoms with Crippen molar-refractivity contribution in [3.8, 4) is 55.6 Å². The van der Waals surface area contributed by atoms with Gasteiger partial charge in [0.15, 0.2) is 0 Å². The average molecular weight is 822 g/mol. The average Bonchev–Trinajstić information content (AvgIpc) is 3.93. The van der Waals surface area contributed by atoms with Gasteiger partial charge in [-0.05, 0) is 147 Å². The van der Waals surface area contributed by atoms with Crippen LogP contribution in [-0.4, -0.2) is 0 Å². The van der Waals surface area contributed by atoms with E-state index in [-0.39, 0.29) is 0 Å². The highest BCUT2D eigenvalue weighted by Crippen LogP contribution is 2.42. The van der Waals surface area contributed by atoms with Gasteiger partial charge in [0.2, 0.25) is 0 Å². The first-order valence-electron chi connectivity index (χ1n) is 21.4. The zero-order valence-electron chi connectivity index (χ0n) is 34.3. The molecule has 0 fully saturated rings. The maximum atomic E-state index is 6.25. The Labute approximate surface area is 370 Å². The summed E-state index contributed by atoms with van der Waals surface area (Å²) in [5, 5.41) is 4.85. The van der Waals surface area contributed by atoms with Crippen molar-refractivity contribution >= 4 is 70.5 Å². The topological polar surface area (TPSA) is 16.4 Å². The standard InChI is InChI=1S/C60H39NOS/c1-3-13-40(14-4-1)43-17-11-19-51(36-43)61(52-20-12-18-44(37-52)41-15-5-2-6-16-41)50-29-25-42(26-30-50)47-33-48(45-27-31-58-55(38-45)53-21-7-9-23-57(53)62-58)35-49(34-47)46-28-32-60-56(39-46)54-22-8-10-24-59(54)63-60/h1-39H. The second-order valence-corrected chi connectivity index (χ2v) is 17.2. The molecule has 296 valence electrons. The molecule has 63 heavy (non-hydrogen) atoms. The second-order valence-electron chi connectivity index (χ2n) is 16.1. The van der Waals surface area contributed by atoms with Gasteiger partial charge in [0.1, 0.15) is 11.2 Å². The van der Waals surface area contributed by atoms with E-state index in [0.717, 1.165) is 61.3 Å². The van der Waals surface area contributed by atoms with Gasteiger partial charge in [-0.25, -0.2) is 0 Å². The molecule has 0 bridgehead atoms. The minimum Gasteiger partial charge on any atom is -0.456 e. The molecule has 0 amide bonds. The summed E-state index contributed by atoms with van der Waals surface area (Å²) in [6, 6.07) is 85.6. The van der Waals surface area contributed by atoms with Gasteiger partial charge < -0.3 is 9.32 Å². The van der Waals surface area contributed by atoms with Crippen LogP contribution >= 0.6 is 11.3 Å². The quantitative estimate of drug-likeness (QED) is 0.152. The van der Waals surface area contributed by atoms with Crippen molar-refractivity contribution in [3.63, 3.8) is 0 Å². The SMILES string of the molecule is c1ccc(-c2cccc(N(c3ccc(-c4cc(-c5ccc6oc7ccccc7c6c5)cc(-c5ccc6sc7ccccc7c6c5)c4)cc3)c3cccc(-c4ccccc4)c3)c2)cc1. The predicted molar refractivity (Wildman–Crippen MR) is 268 cm³/mol. The minimum atomic E-state index is 0.898. The summed E-state index contributed by atoms with van der Waals surface area (Å²) in [6.45, 7) is 0. The molecule has 12 aromatic rings. The Morgan fingerprint density at radius 3 is 1.38 bits per heavy atom. The zero-order valence-corrected chi connectivity index (χ0v) is 35.1. The van der Waals surface area contributed by atoms with Crippen molar-refractivity contribution in [2.75, 3.05) is 4.90 Å². The maximum absolute atomic E-state index is 6.25. The molecule has 2 aromatic heterocycles. The Hall–Kier alpha value is -7.98. The number of para-hydroxylation sites is 1. The minimum absolute atomic E-state index is 0.898. The largest absolute Gasteiger partial charge is 0.456 e. The molecule has 2 heterocycles. The molecule has 3 heteroatoms. The Bertz CT molecular complexity index is 3410. The van der Waals surface area contributed by atoms with E-state index < -0.39 is 0 Å². The predicted octanol–water partition coefficient (Wildman–Crippen LogP) is 17.8. The molecule has 0 spiro atoms. The molecule has 2 nitrogen and oxygen atoms in total. The number of rotatable bonds is 8. The third-order valence-corrected chi connectivity index (χ3v) is 13.4. The van der Waals surface area contributed by atoms with E-state index in [1.165, 1.54) is 53.6 Å². The smallest absolute Gasteiger partial charge is 0.135 e. The van der Waals surface area contributed by atoms with E-state index in [1.54, 1.807) is 0 Å². The van der Waals surface area contributed by atoms with Crippen molar-refractivity contribution in [2.24, 2.45) is 0 Å². The monoisotopic (exact) mass is 821 g/mol. The van der Waals surface area contributed by atoms with Gasteiger partial charge in [0.05, 0.1) is 0 Å². The lowest BCUT2D eigenvalue weighted by molar-refractivity contribution is 0.669. The van der Waals surface area contributed by atoms with Crippen LogP contribution in [0.15, 0.2) is 241 Å². The van der Waals surface area contributed by atoms with Crippen molar-refractivity contribution in [2.45, 2.75) is 0 Å². The van der Waals surface area contributed by atoms with Crippen molar-refractivity contribution in [1.82, 2.24) is 0 Å². The normalized spacial score (nSPS) is 11.5. The highest BCUT2D eigenvalue weighted by Gasteiger charge is 2.17. The number of nitrogens with zero attached hydrogens (tertiary/aromatic N) is 1. The highest BCUT2D eigenvalue weighted by molar-refractivity contribution is 7.25. The Morgan fingerprint density at radius 2 is 0.714 bits per heavy atom. The van der Waals surface area contributed by atoms with Gasteiger partial charge in [-0.3, -0.25) is 0 Å². The molecule has 10 aromatic carbocycles. The number of thiophene rings is 1. The number of benzene rings is 10. The van der Waals surface area contributed by atoms with Crippen LogP contribution in [0.5, 0.6) is 0 Å². The molecule has 0 saturated heterocycles. The lowest BCUT2D eigenvalue weighted by Gasteiger charge is -2.27. The van der Waals surface area contributed by atoms with E-state index in [2.05, 4.69) is 229 Å². The number of hydrogen-bond donors (Lipinski definition) is 0. The molecular formula is C60H39NOS. The molecule has 0 aliphatic carbocycles. The Morgan fingerprint density at radius 1 is 0.254 bits per heavy atom. The van der Waals surface area contributed by atoms with E-state index in [4.69, 9.17) is 4.42 Å². The summed E-state index contributed by atoms with van der Waals surface area (Å²) in [4.78, 5) is 2.37. The molecule has 0 aliphatic rings. The molecule has 0 N–H and O–H groups in total. The van der Waals surface area contributed by atoms with E-state index in [1.807, 2.05) is 23.5 Å². The number of anilines is 3. The molecule has 0 radical (unpaired) electrons. The van der Waals surface area contributed by atoms with Gasteiger partial charge in [-0.2, -0.15) is 0 Å². The van der Waals surface area contributed by atoms with Crippen LogP contribution in [0.1, 0.15) is 0 Å². The fraction of sp³-hybridized carbons (Fsp3) is 0. The van der Waals surface area contributed by atoms with Crippen molar-refractivity contribution < 1.29 is 4.42 Å². The maximum Gasteiger partial charge on any atom is 0.135 e. The first-order valence-corrected chi connectivity index (χ1v) is 22.2. The zero-order chi connectivity index (χ0) is 41.7. The molecular weight excluding hydrogens is 783 g/mol. The van der Waals surface area contributed by atoms with Crippen LogP contribution in [0.25, 0.3) is 97.7 Å². The lowest BCUT2D eigenvalue weighted by atomic mass is 9.92. The van der Waals surface area contributed by atoms with Crippen LogP contribution in [0.2, 0.25) is 0 Å². The van der Waals surface area contributed by atoms with Gasteiger partial charge in [-0.15, -0.1) is 11.3 Å². The van der Waals surface area contributed by atoms with Crippen LogP contribution in [0, 0.1) is 0 Å². The number of furan rings is 1. The van der Waals surface area contributed by atoms with Crippen LogP contribution < -0.4 is 4.90 Å². The summed E-state index contributed by atoms with van der Waals surface area (Å²) >= 11 is 1.85. The third-order valence-electron chi connectivity index (χ3n) is 12.2. The van der Waals surface area contributed by atoms with Gasteiger partial charge in [0, 0.05) is 48.0 Å². The summed E-state index contributed by atoms with van der Waals surface area (Å²) in [7, 11) is 0. The third kappa shape index (κ3) is 6.86. The molecule has 12 rings (SSSR count). The van der Waals surface area contributed by atoms with Gasteiger partial charge in [0.25, 0.3) is 0 Å². The summed E-state index contributed by atoms with van der Waals surface area (Å²) < 4.78 is 8.86. The molecule has 0 unspecified atom stereocenters. The van der Waals surface area contributed by atoms with E-state index in [9.17, 15) is 0 Å². The highest BCUT2D eigenvalue weighted by atomic mass is 32.1. The summed E-state index contributed by atoms with van der Waals surface area (Å²) in [6.07, 6.45) is 0.